The molecular weight excluding hydrogens is 492 g/mol. The Bertz CT molecular complexity index is 1530. The number of piperazine rings is 1. The predicted molar refractivity (Wildman–Crippen MR) is 129 cm³/mol. The fourth-order valence-electron chi connectivity index (χ4n) is 4.02. The van der Waals surface area contributed by atoms with Gasteiger partial charge < -0.3 is 15.1 Å². The molecule has 1 aromatic carbocycles. The number of aromatic nitrogens is 4. The Labute approximate surface area is 206 Å². The third-order valence-electron chi connectivity index (χ3n) is 5.97. The first kappa shape index (κ1) is 23.2. The molecule has 0 aliphatic carbocycles. The smallest absolute Gasteiger partial charge is 0.291 e. The molecule has 1 aliphatic rings. The van der Waals surface area contributed by atoms with E-state index < -0.39 is 15.9 Å². The van der Waals surface area contributed by atoms with Gasteiger partial charge in [0.05, 0.1) is 5.56 Å². The number of benzene rings is 1. The Morgan fingerprint density at radius 1 is 1.09 bits per heavy atom. The van der Waals surface area contributed by atoms with Gasteiger partial charge in [-0.2, -0.15) is 9.04 Å². The van der Waals surface area contributed by atoms with E-state index in [1.807, 2.05) is 0 Å². The minimum Gasteiger partial charge on any atom is -0.618 e. The fourth-order valence-corrected chi connectivity index (χ4v) is 5.63. The molecule has 0 spiro atoms. The number of sulfonamides is 1. The number of hydrogen-bond donors (Lipinski definition) is 1. The quantitative estimate of drug-likeness (QED) is 0.330. The van der Waals surface area contributed by atoms with Crippen LogP contribution in [0.2, 0.25) is 5.02 Å². The molecule has 4 heterocycles. The number of pyridine rings is 1. The Morgan fingerprint density at radius 3 is 2.51 bits per heavy atom. The molecular formula is C23H21ClN6O4S. The van der Waals surface area contributed by atoms with E-state index >= 15 is 0 Å². The molecule has 10 nitrogen and oxygen atoms in total. The normalized spacial score (nSPS) is 15.0. The molecule has 0 bridgehead atoms. The number of nitrogens with zero attached hydrogens (tertiary/aromatic N) is 5. The lowest BCUT2D eigenvalue weighted by Crippen LogP contribution is -2.50. The fraction of sp³-hybridized carbons (Fsp3) is 0.217. The molecule has 12 heteroatoms. The molecule has 0 saturated carbocycles. The van der Waals surface area contributed by atoms with Crippen LogP contribution in [0, 0.1) is 12.1 Å². The zero-order chi connectivity index (χ0) is 24.7. The first-order chi connectivity index (χ1) is 16.7. The number of aryl methyl sites for hydroxylation is 1. The average Bonchev–Trinajstić information content (AvgIpc) is 3.30. The number of nitrogens with one attached hydrogen (secondary N) is 1. The highest BCUT2D eigenvalue weighted by molar-refractivity contribution is 7.89. The van der Waals surface area contributed by atoms with Gasteiger partial charge in [0.15, 0.2) is 5.69 Å². The second-order valence-electron chi connectivity index (χ2n) is 8.20. The van der Waals surface area contributed by atoms with E-state index in [9.17, 15) is 18.4 Å². The molecule has 3 aromatic heterocycles. The number of halogens is 1. The topological polar surface area (TPSA) is 126 Å². The van der Waals surface area contributed by atoms with Crippen LogP contribution in [0.3, 0.4) is 0 Å². The Morgan fingerprint density at radius 2 is 1.80 bits per heavy atom. The summed E-state index contributed by atoms with van der Waals surface area (Å²) >= 11 is 6.00. The van der Waals surface area contributed by atoms with Crippen LogP contribution in [-0.4, -0.2) is 64.7 Å². The first-order valence-corrected chi connectivity index (χ1v) is 12.6. The number of carbonyl (C=O) groups is 1. The van der Waals surface area contributed by atoms with Crippen LogP contribution >= 0.6 is 11.6 Å². The molecule has 0 unspecified atom stereocenters. The molecule has 1 amide bonds. The minimum atomic E-state index is -3.76. The molecule has 1 N–H and O–H groups in total. The molecule has 1 saturated heterocycles. The number of amides is 1. The van der Waals surface area contributed by atoms with Gasteiger partial charge in [-0.05, 0) is 30.3 Å². The Hall–Kier alpha value is -3.54. The highest BCUT2D eigenvalue weighted by Crippen LogP contribution is 2.25. The average molecular weight is 513 g/mol. The summed E-state index contributed by atoms with van der Waals surface area (Å²) in [6, 6.07) is 11.8. The van der Waals surface area contributed by atoms with Gasteiger partial charge in [0.25, 0.3) is 15.9 Å². The lowest BCUT2D eigenvalue weighted by Gasteiger charge is -2.33. The molecule has 1 aliphatic heterocycles. The van der Waals surface area contributed by atoms with E-state index in [1.165, 1.54) is 21.6 Å². The van der Waals surface area contributed by atoms with Crippen molar-refractivity contribution in [2.24, 2.45) is 0 Å². The van der Waals surface area contributed by atoms with Crippen LogP contribution in [0.15, 0.2) is 59.9 Å². The van der Waals surface area contributed by atoms with Gasteiger partial charge in [0.2, 0.25) is 11.5 Å². The third-order valence-corrected chi connectivity index (χ3v) is 8.03. The first-order valence-electron chi connectivity index (χ1n) is 10.8. The highest BCUT2D eigenvalue weighted by atomic mass is 35.5. The summed E-state index contributed by atoms with van der Waals surface area (Å²) in [5.41, 5.74) is 2.10. The van der Waals surface area contributed by atoms with Crippen molar-refractivity contribution in [1.82, 2.24) is 24.2 Å². The molecule has 5 rings (SSSR count). The SMILES string of the molecule is Cc1cccc(-c2cnc(C(=O)N3CCN(S(=O)(=O)c4cc5cc(Cl)ccc5[nH]4)CC3)nc2)[n+]1[O-]. The van der Waals surface area contributed by atoms with Gasteiger partial charge >= 0.3 is 0 Å². The van der Waals surface area contributed by atoms with Gasteiger partial charge in [0.1, 0.15) is 5.03 Å². The summed E-state index contributed by atoms with van der Waals surface area (Å²) < 4.78 is 28.4. The van der Waals surface area contributed by atoms with Crippen molar-refractivity contribution < 1.29 is 17.9 Å². The van der Waals surface area contributed by atoms with Gasteiger partial charge in [0, 0.05) is 73.6 Å². The standard InChI is InChI=1S/C23H21ClN6O4S/c1-15-3-2-4-20(30(15)32)17-13-25-22(26-14-17)23(31)28-7-9-29(10-8-28)35(33,34)21-12-16-11-18(24)5-6-19(16)27-21/h2-6,11-14,27H,7-10H2,1H3. The second kappa shape index (κ2) is 8.91. The maximum Gasteiger partial charge on any atom is 0.291 e. The van der Waals surface area contributed by atoms with Crippen molar-refractivity contribution in [3.8, 4) is 11.3 Å². The number of rotatable bonds is 4. The molecule has 180 valence electrons. The van der Waals surface area contributed by atoms with Crippen molar-refractivity contribution in [2.45, 2.75) is 11.9 Å². The van der Waals surface area contributed by atoms with Crippen LogP contribution in [0.1, 0.15) is 16.3 Å². The minimum absolute atomic E-state index is 0.0114. The molecule has 1 fully saturated rings. The summed E-state index contributed by atoms with van der Waals surface area (Å²) in [4.78, 5) is 25.6. The van der Waals surface area contributed by atoms with Gasteiger partial charge in [-0.3, -0.25) is 4.79 Å². The van der Waals surface area contributed by atoms with Crippen molar-refractivity contribution in [3.05, 3.63) is 76.6 Å². The van der Waals surface area contributed by atoms with E-state index in [1.54, 1.807) is 49.4 Å². The van der Waals surface area contributed by atoms with Crippen molar-refractivity contribution in [1.29, 1.82) is 0 Å². The highest BCUT2D eigenvalue weighted by Gasteiger charge is 2.32. The van der Waals surface area contributed by atoms with Crippen molar-refractivity contribution in [2.75, 3.05) is 26.2 Å². The Kier molecular flexibility index (Phi) is 5.91. The van der Waals surface area contributed by atoms with Crippen molar-refractivity contribution in [3.63, 3.8) is 0 Å². The number of fused-ring (bicyclic) bond motifs is 1. The van der Waals surface area contributed by atoms with Gasteiger partial charge in [-0.1, -0.05) is 11.6 Å². The maximum absolute atomic E-state index is 13.1. The summed E-state index contributed by atoms with van der Waals surface area (Å²) in [5.74, 6) is -0.407. The molecule has 4 aromatic rings. The van der Waals surface area contributed by atoms with E-state index in [2.05, 4.69) is 15.0 Å². The largest absolute Gasteiger partial charge is 0.618 e. The van der Waals surface area contributed by atoms with E-state index in [-0.39, 0.29) is 37.0 Å². The molecule has 35 heavy (non-hydrogen) atoms. The zero-order valence-electron chi connectivity index (χ0n) is 18.7. The van der Waals surface area contributed by atoms with Crippen LogP contribution in [0.25, 0.3) is 22.2 Å². The number of aromatic amines is 1. The lowest BCUT2D eigenvalue weighted by atomic mass is 10.2. The summed E-state index contributed by atoms with van der Waals surface area (Å²) in [7, 11) is -3.76. The maximum atomic E-state index is 13.1. The summed E-state index contributed by atoms with van der Waals surface area (Å²) in [5, 5.41) is 13.6. The number of H-pyrrole nitrogens is 1. The zero-order valence-corrected chi connectivity index (χ0v) is 20.3. The monoisotopic (exact) mass is 512 g/mol. The van der Waals surface area contributed by atoms with E-state index in [4.69, 9.17) is 11.6 Å². The molecule has 0 atom stereocenters. The lowest BCUT2D eigenvalue weighted by molar-refractivity contribution is -0.600. The van der Waals surface area contributed by atoms with Crippen LogP contribution in [0.5, 0.6) is 0 Å². The van der Waals surface area contributed by atoms with E-state index in [0.717, 1.165) is 4.73 Å². The van der Waals surface area contributed by atoms with Gasteiger partial charge in [-0.25, -0.2) is 18.4 Å². The van der Waals surface area contributed by atoms with E-state index in [0.29, 0.717) is 32.9 Å². The van der Waals surface area contributed by atoms with Crippen LogP contribution < -0.4 is 4.73 Å². The Balaban J connectivity index is 1.27. The number of carbonyl (C=O) groups excluding carboxylic acids is 1. The summed E-state index contributed by atoms with van der Waals surface area (Å²) in [6.07, 6.45) is 2.87. The summed E-state index contributed by atoms with van der Waals surface area (Å²) in [6.45, 7) is 2.38. The van der Waals surface area contributed by atoms with Gasteiger partial charge in [-0.15, -0.1) is 0 Å². The van der Waals surface area contributed by atoms with Crippen LogP contribution in [-0.2, 0) is 10.0 Å². The predicted octanol–water partition coefficient (Wildman–Crippen LogP) is 2.37. The second-order valence-corrected chi connectivity index (χ2v) is 10.5. The third kappa shape index (κ3) is 4.33. The number of hydrogen-bond acceptors (Lipinski definition) is 6. The van der Waals surface area contributed by atoms with Crippen LogP contribution in [0.4, 0.5) is 0 Å². The molecule has 0 radical (unpaired) electrons. The van der Waals surface area contributed by atoms with Crippen molar-refractivity contribution >= 4 is 38.4 Å².